The summed E-state index contributed by atoms with van der Waals surface area (Å²) >= 11 is 0. The Labute approximate surface area is 127 Å². The van der Waals surface area contributed by atoms with Gasteiger partial charge in [0, 0.05) is 11.6 Å². The van der Waals surface area contributed by atoms with Gasteiger partial charge in [-0.2, -0.15) is 0 Å². The summed E-state index contributed by atoms with van der Waals surface area (Å²) < 4.78 is 0. The first kappa shape index (κ1) is 18.0. The maximum atomic E-state index is 3.57. The van der Waals surface area contributed by atoms with E-state index in [4.69, 9.17) is 0 Å². The average Bonchev–Trinajstić information content (AvgIpc) is 2.37. The summed E-state index contributed by atoms with van der Waals surface area (Å²) in [5, 5.41) is 3.57. The predicted octanol–water partition coefficient (Wildman–Crippen LogP) is 4.45. The number of nitrogens with zero attached hydrogens (tertiary/aromatic N) is 1. The van der Waals surface area contributed by atoms with Crippen LogP contribution in [0, 0.1) is 5.92 Å². The van der Waals surface area contributed by atoms with Gasteiger partial charge in [0.15, 0.2) is 0 Å². The van der Waals surface area contributed by atoms with Gasteiger partial charge in [-0.3, -0.25) is 0 Å². The average molecular weight is 283 g/mol. The number of rotatable bonds is 8. The second kappa shape index (κ2) is 9.04. The van der Waals surface area contributed by atoms with E-state index >= 15 is 0 Å². The van der Waals surface area contributed by atoms with Crippen LogP contribution in [0.1, 0.15) is 79.1 Å². The van der Waals surface area contributed by atoms with E-state index in [9.17, 15) is 0 Å². The van der Waals surface area contributed by atoms with Gasteiger partial charge in [-0.25, -0.2) is 0 Å². The van der Waals surface area contributed by atoms with Crippen LogP contribution in [-0.2, 0) is 0 Å². The molecule has 0 aromatic rings. The topological polar surface area (TPSA) is 15.3 Å². The maximum absolute atomic E-state index is 3.57. The Hall–Kier alpha value is -0.0800. The normalized spacial score (nSPS) is 24.3. The molecule has 0 atom stereocenters. The van der Waals surface area contributed by atoms with Gasteiger partial charge < -0.3 is 10.2 Å². The molecule has 0 radical (unpaired) electrons. The first-order valence-electron chi connectivity index (χ1n) is 8.84. The molecule has 1 aliphatic rings. The van der Waals surface area contributed by atoms with Crippen molar-refractivity contribution in [1.29, 1.82) is 0 Å². The molecule has 0 saturated heterocycles. The molecule has 1 fully saturated rings. The Bertz CT molecular complexity index is 236. The first-order chi connectivity index (χ1) is 9.38. The SMILES string of the molecule is CC1CCC(N(C)CCCCCCNC(C)(C)C)CC1. The van der Waals surface area contributed by atoms with Crippen LogP contribution in [0.15, 0.2) is 0 Å². The van der Waals surface area contributed by atoms with Crippen LogP contribution in [-0.4, -0.2) is 36.6 Å². The largest absolute Gasteiger partial charge is 0.312 e. The third-order valence-corrected chi connectivity index (χ3v) is 4.70. The van der Waals surface area contributed by atoms with Crippen molar-refractivity contribution in [3.63, 3.8) is 0 Å². The minimum absolute atomic E-state index is 0.276. The summed E-state index contributed by atoms with van der Waals surface area (Å²) in [6.45, 7) is 11.6. The van der Waals surface area contributed by atoms with Crippen LogP contribution in [0.5, 0.6) is 0 Å². The zero-order chi connectivity index (χ0) is 15.0. The minimum Gasteiger partial charge on any atom is -0.312 e. The van der Waals surface area contributed by atoms with Gasteiger partial charge >= 0.3 is 0 Å². The number of hydrogen-bond donors (Lipinski definition) is 1. The van der Waals surface area contributed by atoms with Crippen LogP contribution in [0.25, 0.3) is 0 Å². The van der Waals surface area contributed by atoms with E-state index in [2.05, 4.69) is 45.0 Å². The summed E-state index contributed by atoms with van der Waals surface area (Å²) in [6.07, 6.45) is 11.2. The van der Waals surface area contributed by atoms with E-state index in [1.165, 1.54) is 64.5 Å². The monoisotopic (exact) mass is 282 g/mol. The third kappa shape index (κ3) is 8.26. The summed E-state index contributed by atoms with van der Waals surface area (Å²) in [7, 11) is 2.34. The smallest absolute Gasteiger partial charge is 0.00965 e. The lowest BCUT2D eigenvalue weighted by Crippen LogP contribution is -2.36. The molecular weight excluding hydrogens is 244 g/mol. The Kier molecular flexibility index (Phi) is 8.13. The van der Waals surface area contributed by atoms with E-state index in [1.807, 2.05) is 0 Å². The minimum atomic E-state index is 0.276. The van der Waals surface area contributed by atoms with Crippen LogP contribution in [0.4, 0.5) is 0 Å². The molecule has 0 spiro atoms. The van der Waals surface area contributed by atoms with Gasteiger partial charge in [0.1, 0.15) is 0 Å². The van der Waals surface area contributed by atoms with Gasteiger partial charge in [-0.05, 0) is 85.4 Å². The summed E-state index contributed by atoms with van der Waals surface area (Å²) in [5.41, 5.74) is 0.276. The highest BCUT2D eigenvalue weighted by molar-refractivity contribution is 4.76. The molecule has 0 aromatic carbocycles. The van der Waals surface area contributed by atoms with Gasteiger partial charge in [0.05, 0.1) is 0 Å². The van der Waals surface area contributed by atoms with E-state index in [-0.39, 0.29) is 5.54 Å². The van der Waals surface area contributed by atoms with Crippen molar-refractivity contribution in [2.45, 2.75) is 90.6 Å². The van der Waals surface area contributed by atoms with Crippen molar-refractivity contribution in [1.82, 2.24) is 10.2 Å². The fourth-order valence-corrected chi connectivity index (χ4v) is 3.17. The highest BCUT2D eigenvalue weighted by atomic mass is 15.1. The molecule has 1 saturated carbocycles. The molecule has 0 aliphatic heterocycles. The molecule has 0 unspecified atom stereocenters. The van der Waals surface area contributed by atoms with E-state index in [1.54, 1.807) is 0 Å². The zero-order valence-electron chi connectivity index (χ0n) is 14.7. The highest BCUT2D eigenvalue weighted by Gasteiger charge is 2.20. The molecular formula is C18H38N2. The number of unbranched alkanes of at least 4 members (excludes halogenated alkanes) is 3. The molecule has 0 bridgehead atoms. The van der Waals surface area contributed by atoms with Crippen LogP contribution >= 0.6 is 0 Å². The Morgan fingerprint density at radius 1 is 0.950 bits per heavy atom. The van der Waals surface area contributed by atoms with Crippen molar-refractivity contribution in [2.75, 3.05) is 20.1 Å². The molecule has 0 aromatic heterocycles. The zero-order valence-corrected chi connectivity index (χ0v) is 14.7. The fraction of sp³-hybridized carbons (Fsp3) is 1.00. The van der Waals surface area contributed by atoms with Crippen LogP contribution < -0.4 is 5.32 Å². The molecule has 0 amide bonds. The maximum Gasteiger partial charge on any atom is 0.00965 e. The quantitative estimate of drug-likeness (QED) is 0.662. The lowest BCUT2D eigenvalue weighted by molar-refractivity contribution is 0.167. The lowest BCUT2D eigenvalue weighted by Gasteiger charge is -2.33. The van der Waals surface area contributed by atoms with Gasteiger partial charge in [0.25, 0.3) is 0 Å². The molecule has 2 heteroatoms. The molecule has 2 nitrogen and oxygen atoms in total. The predicted molar refractivity (Wildman–Crippen MR) is 90.3 cm³/mol. The highest BCUT2D eigenvalue weighted by Crippen LogP contribution is 2.26. The number of hydrogen-bond acceptors (Lipinski definition) is 2. The van der Waals surface area contributed by atoms with Crippen molar-refractivity contribution in [3.8, 4) is 0 Å². The first-order valence-corrected chi connectivity index (χ1v) is 8.84. The van der Waals surface area contributed by atoms with Crippen molar-refractivity contribution in [2.24, 2.45) is 5.92 Å². The Morgan fingerprint density at radius 3 is 2.15 bits per heavy atom. The molecule has 1 N–H and O–H groups in total. The fourth-order valence-electron chi connectivity index (χ4n) is 3.17. The van der Waals surface area contributed by atoms with Crippen LogP contribution in [0.3, 0.4) is 0 Å². The molecule has 120 valence electrons. The van der Waals surface area contributed by atoms with Crippen molar-refractivity contribution < 1.29 is 0 Å². The van der Waals surface area contributed by atoms with Gasteiger partial charge in [0.2, 0.25) is 0 Å². The molecule has 1 rings (SSSR count). The van der Waals surface area contributed by atoms with Crippen LogP contribution in [0.2, 0.25) is 0 Å². The summed E-state index contributed by atoms with van der Waals surface area (Å²) in [4.78, 5) is 2.62. The number of nitrogens with one attached hydrogen (secondary N) is 1. The molecule has 0 heterocycles. The van der Waals surface area contributed by atoms with E-state index < -0.39 is 0 Å². The molecule has 1 aliphatic carbocycles. The van der Waals surface area contributed by atoms with Crippen molar-refractivity contribution >= 4 is 0 Å². The van der Waals surface area contributed by atoms with Crippen molar-refractivity contribution in [3.05, 3.63) is 0 Å². The van der Waals surface area contributed by atoms with Gasteiger partial charge in [-0.15, -0.1) is 0 Å². The lowest BCUT2D eigenvalue weighted by atomic mass is 9.87. The Balaban J connectivity index is 1.95. The van der Waals surface area contributed by atoms with E-state index in [0.717, 1.165) is 12.0 Å². The Morgan fingerprint density at radius 2 is 1.55 bits per heavy atom. The third-order valence-electron chi connectivity index (χ3n) is 4.70. The second-order valence-corrected chi connectivity index (χ2v) is 7.99. The van der Waals surface area contributed by atoms with Gasteiger partial charge in [-0.1, -0.05) is 19.8 Å². The molecule has 20 heavy (non-hydrogen) atoms. The second-order valence-electron chi connectivity index (χ2n) is 7.99. The summed E-state index contributed by atoms with van der Waals surface area (Å²) in [6, 6.07) is 0.869. The standard InChI is InChI=1S/C18H38N2/c1-16-10-12-17(13-11-16)20(5)15-9-7-6-8-14-19-18(2,3)4/h16-17,19H,6-15H2,1-5H3. The summed E-state index contributed by atoms with van der Waals surface area (Å²) in [5.74, 6) is 0.968. The van der Waals surface area contributed by atoms with E-state index in [0.29, 0.717) is 0 Å².